The molecule has 0 aliphatic heterocycles. The second kappa shape index (κ2) is 13.3. The van der Waals surface area contributed by atoms with E-state index in [2.05, 4.69) is 105 Å². The van der Waals surface area contributed by atoms with Crippen LogP contribution in [-0.2, 0) is 12.8 Å². The zero-order valence-electron chi connectivity index (χ0n) is 33.5. The smallest absolute Gasteiger partial charge is 0.123 e. The first-order valence-corrected chi connectivity index (χ1v) is 21.0. The lowest BCUT2D eigenvalue weighted by molar-refractivity contribution is 0.628. The number of hydrogen-bond donors (Lipinski definition) is 0. The molecule has 0 spiro atoms. The fourth-order valence-corrected chi connectivity index (χ4v) is 10.4. The summed E-state index contributed by atoms with van der Waals surface area (Å²) >= 11 is 0. The van der Waals surface area contributed by atoms with E-state index < -0.39 is 0 Å². The van der Waals surface area contributed by atoms with Crippen LogP contribution < -0.4 is 0 Å². The second-order valence-electron chi connectivity index (χ2n) is 16.7. The molecule has 0 bridgehead atoms. The van der Waals surface area contributed by atoms with Crippen molar-refractivity contribution in [3.8, 4) is 39.3 Å². The molecule has 12 aromatic rings. The Bertz CT molecular complexity index is 3530. The predicted molar refractivity (Wildman–Crippen MR) is 248 cm³/mol. The molecule has 300 valence electrons. The molecule has 1 aliphatic carbocycles. The summed E-state index contributed by atoms with van der Waals surface area (Å²) in [4.78, 5) is 0. The standard InChI is InChI=1S/C56H33F4N3/c57-38-13-17-49-45(26-38)46-27-39(58)14-18-50(46)61(49)43-22-34-11-12-35-23-44(62-51-19-15-40(59)28-47(51)48-29-41(60)16-20-52(48)62)31-54-56(35)55(34)53(30-43)63(54)42-24-36(32-7-3-1-4-8-32)21-37(25-42)33-9-5-2-6-10-33/h1-10,13-31H,11-12H2. The molecule has 1 aliphatic rings. The third-order valence-corrected chi connectivity index (χ3v) is 13.0. The van der Waals surface area contributed by atoms with E-state index in [0.29, 0.717) is 21.5 Å². The molecule has 3 aromatic heterocycles. The zero-order valence-corrected chi connectivity index (χ0v) is 33.5. The molecule has 0 saturated heterocycles. The van der Waals surface area contributed by atoms with Gasteiger partial charge in [0.2, 0.25) is 0 Å². The Morgan fingerprint density at radius 3 is 0.984 bits per heavy atom. The number of aryl methyl sites for hydroxylation is 2. The van der Waals surface area contributed by atoms with Crippen molar-refractivity contribution in [1.82, 2.24) is 13.7 Å². The Balaban J connectivity index is 1.17. The lowest BCUT2D eigenvalue weighted by atomic mass is 9.90. The Morgan fingerprint density at radius 1 is 0.286 bits per heavy atom. The SMILES string of the molecule is Fc1ccc2c(c1)c1cc(F)ccc1n2-c1cc2c3c4c(cc(-n5c6ccc(F)cc6c6cc(F)ccc65)cc4n(-c4cc(-c5ccccc5)cc(-c5ccccc5)c4)c3c1)CC2. The topological polar surface area (TPSA) is 14.8 Å². The molecular weight excluding hydrogens is 791 g/mol. The molecule has 7 heteroatoms. The van der Waals surface area contributed by atoms with Crippen molar-refractivity contribution in [2.24, 2.45) is 0 Å². The van der Waals surface area contributed by atoms with Crippen LogP contribution in [0.25, 0.3) is 105 Å². The van der Waals surface area contributed by atoms with Gasteiger partial charge < -0.3 is 13.7 Å². The normalized spacial score (nSPS) is 12.6. The first-order valence-electron chi connectivity index (χ1n) is 21.0. The monoisotopic (exact) mass is 823 g/mol. The van der Waals surface area contributed by atoms with E-state index in [1.54, 1.807) is 24.3 Å². The molecule has 13 rings (SSSR count). The van der Waals surface area contributed by atoms with E-state index in [9.17, 15) is 17.6 Å². The summed E-state index contributed by atoms with van der Waals surface area (Å²) < 4.78 is 66.1. The molecular formula is C56H33F4N3. The molecule has 0 amide bonds. The molecule has 9 aromatic carbocycles. The lowest BCUT2D eigenvalue weighted by Gasteiger charge is -2.17. The third-order valence-electron chi connectivity index (χ3n) is 13.0. The van der Waals surface area contributed by atoms with Gasteiger partial charge in [0, 0.05) is 49.4 Å². The van der Waals surface area contributed by atoms with Crippen molar-refractivity contribution in [3.63, 3.8) is 0 Å². The summed E-state index contributed by atoms with van der Waals surface area (Å²) in [5, 5.41) is 4.85. The third kappa shape index (κ3) is 5.39. The van der Waals surface area contributed by atoms with Gasteiger partial charge in [0.05, 0.1) is 33.1 Å². The molecule has 0 radical (unpaired) electrons. The van der Waals surface area contributed by atoms with Crippen molar-refractivity contribution in [3.05, 3.63) is 210 Å². The van der Waals surface area contributed by atoms with Gasteiger partial charge in [-0.2, -0.15) is 0 Å². The number of fused-ring (bicyclic) bond motifs is 6. The summed E-state index contributed by atoms with van der Waals surface area (Å²) in [6.45, 7) is 0. The average molecular weight is 824 g/mol. The van der Waals surface area contributed by atoms with E-state index in [1.165, 1.54) is 59.7 Å². The predicted octanol–water partition coefficient (Wildman–Crippen LogP) is 15.0. The summed E-state index contributed by atoms with van der Waals surface area (Å²) in [6, 6.07) is 55.3. The lowest BCUT2D eigenvalue weighted by Crippen LogP contribution is -2.03. The van der Waals surface area contributed by atoms with E-state index in [-0.39, 0.29) is 23.3 Å². The molecule has 0 atom stereocenters. The highest BCUT2D eigenvalue weighted by molar-refractivity contribution is 6.16. The minimum absolute atomic E-state index is 0.383. The highest BCUT2D eigenvalue weighted by atomic mass is 19.1. The van der Waals surface area contributed by atoms with Gasteiger partial charge in [-0.15, -0.1) is 0 Å². The summed E-state index contributed by atoms with van der Waals surface area (Å²) in [5.74, 6) is -1.53. The van der Waals surface area contributed by atoms with Crippen molar-refractivity contribution in [2.45, 2.75) is 12.8 Å². The van der Waals surface area contributed by atoms with Crippen molar-refractivity contribution < 1.29 is 17.6 Å². The highest BCUT2D eigenvalue weighted by Crippen LogP contribution is 2.46. The van der Waals surface area contributed by atoms with Gasteiger partial charge in [-0.3, -0.25) is 0 Å². The highest BCUT2D eigenvalue weighted by Gasteiger charge is 2.27. The van der Waals surface area contributed by atoms with Gasteiger partial charge in [-0.25, -0.2) is 17.6 Å². The van der Waals surface area contributed by atoms with Crippen LogP contribution in [-0.4, -0.2) is 13.7 Å². The summed E-state index contributed by atoms with van der Waals surface area (Å²) in [5.41, 5.74) is 14.5. The van der Waals surface area contributed by atoms with Gasteiger partial charge >= 0.3 is 0 Å². The molecule has 0 unspecified atom stereocenters. The van der Waals surface area contributed by atoms with Crippen molar-refractivity contribution in [2.75, 3.05) is 0 Å². The van der Waals surface area contributed by atoms with E-state index in [1.807, 2.05) is 12.1 Å². The molecule has 3 heterocycles. The number of nitrogens with zero attached hydrogens (tertiary/aromatic N) is 3. The number of hydrogen-bond acceptors (Lipinski definition) is 0. The Morgan fingerprint density at radius 2 is 0.619 bits per heavy atom. The fourth-order valence-electron chi connectivity index (χ4n) is 10.4. The fraction of sp³-hybridized carbons (Fsp3) is 0.0357. The minimum Gasteiger partial charge on any atom is -0.309 e. The van der Waals surface area contributed by atoms with Gasteiger partial charge in [-0.1, -0.05) is 60.7 Å². The van der Waals surface area contributed by atoms with Crippen LogP contribution in [0.3, 0.4) is 0 Å². The molecule has 0 saturated carbocycles. The number of halogens is 4. The Labute approximate surface area is 357 Å². The van der Waals surface area contributed by atoms with E-state index >= 15 is 0 Å². The van der Waals surface area contributed by atoms with Gasteiger partial charge in [0.25, 0.3) is 0 Å². The molecule has 0 N–H and O–H groups in total. The van der Waals surface area contributed by atoms with Crippen LogP contribution in [0.15, 0.2) is 176 Å². The average Bonchev–Trinajstić information content (AvgIpc) is 3.93. The van der Waals surface area contributed by atoms with Gasteiger partial charge in [-0.05, 0) is 161 Å². The molecule has 63 heavy (non-hydrogen) atoms. The van der Waals surface area contributed by atoms with Crippen molar-refractivity contribution >= 4 is 65.4 Å². The van der Waals surface area contributed by atoms with Crippen LogP contribution in [0.2, 0.25) is 0 Å². The maximum Gasteiger partial charge on any atom is 0.123 e. The quantitative estimate of drug-likeness (QED) is 0.154. The number of rotatable bonds is 5. The van der Waals surface area contributed by atoms with Crippen LogP contribution in [0.5, 0.6) is 0 Å². The van der Waals surface area contributed by atoms with Crippen LogP contribution >= 0.6 is 0 Å². The first-order chi connectivity index (χ1) is 30.8. The van der Waals surface area contributed by atoms with Crippen molar-refractivity contribution in [1.29, 1.82) is 0 Å². The molecule has 3 nitrogen and oxygen atoms in total. The maximum atomic E-state index is 14.9. The van der Waals surface area contributed by atoms with Crippen LogP contribution in [0, 0.1) is 23.3 Å². The van der Waals surface area contributed by atoms with Crippen LogP contribution in [0.4, 0.5) is 17.6 Å². The maximum absolute atomic E-state index is 14.9. The minimum atomic E-state index is -0.383. The van der Waals surface area contributed by atoms with Gasteiger partial charge in [0.1, 0.15) is 23.3 Å². The number of benzene rings is 9. The largest absolute Gasteiger partial charge is 0.309 e. The van der Waals surface area contributed by atoms with E-state index in [4.69, 9.17) is 0 Å². The zero-order chi connectivity index (χ0) is 42.1. The Kier molecular flexibility index (Phi) is 7.56. The first kappa shape index (κ1) is 35.8. The molecule has 0 fully saturated rings. The summed E-state index contributed by atoms with van der Waals surface area (Å²) in [6.07, 6.45) is 1.51. The second-order valence-corrected chi connectivity index (χ2v) is 16.7. The Hall–Kier alpha value is -7.90. The number of aromatic nitrogens is 3. The van der Waals surface area contributed by atoms with E-state index in [0.717, 1.165) is 96.0 Å². The summed E-state index contributed by atoms with van der Waals surface area (Å²) in [7, 11) is 0. The van der Waals surface area contributed by atoms with Crippen LogP contribution in [0.1, 0.15) is 11.1 Å². The van der Waals surface area contributed by atoms with Gasteiger partial charge in [0.15, 0.2) is 0 Å².